The molecule has 0 radical (unpaired) electrons. The molecule has 1 heterocycles. The maximum atomic E-state index is 12.8. The molecule has 30 heavy (non-hydrogen) atoms. The first-order valence-corrected chi connectivity index (χ1v) is 11.7. The van der Waals surface area contributed by atoms with Crippen LogP contribution in [-0.4, -0.2) is 67.1 Å². The molecule has 2 aliphatic rings. The third-order valence-corrected chi connectivity index (χ3v) is 6.95. The predicted molar refractivity (Wildman–Crippen MR) is 123 cm³/mol. The van der Waals surface area contributed by atoms with Crippen LogP contribution in [0.5, 0.6) is 5.75 Å². The number of amides is 1. The first-order valence-electron chi connectivity index (χ1n) is 11.7. The van der Waals surface area contributed by atoms with Crippen molar-refractivity contribution < 1.29 is 9.53 Å². The van der Waals surface area contributed by atoms with Crippen molar-refractivity contribution in [3.63, 3.8) is 0 Å². The number of nitrogens with zero attached hydrogens (tertiary/aromatic N) is 2. The summed E-state index contributed by atoms with van der Waals surface area (Å²) < 4.78 is 5.94. The Morgan fingerprint density at radius 3 is 2.23 bits per heavy atom. The number of carbonyl (C=O) groups excluding carboxylic acids is 1. The summed E-state index contributed by atoms with van der Waals surface area (Å²) >= 11 is 0. The van der Waals surface area contributed by atoms with Crippen molar-refractivity contribution in [2.45, 2.75) is 76.9 Å². The molecule has 0 aromatic heterocycles. The van der Waals surface area contributed by atoms with E-state index in [9.17, 15) is 4.79 Å². The normalized spacial score (nSPS) is 21.8. The summed E-state index contributed by atoms with van der Waals surface area (Å²) in [6, 6.07) is 8.11. The first-order chi connectivity index (χ1) is 14.2. The average Bonchev–Trinajstić information content (AvgIpc) is 2.73. The predicted octanol–water partition coefficient (Wildman–Crippen LogP) is 3.82. The van der Waals surface area contributed by atoms with Crippen LogP contribution in [0, 0.1) is 0 Å². The quantitative estimate of drug-likeness (QED) is 0.767. The van der Waals surface area contributed by atoms with Crippen molar-refractivity contribution in [2.75, 3.05) is 39.8 Å². The van der Waals surface area contributed by atoms with Crippen molar-refractivity contribution in [3.8, 4) is 5.75 Å². The van der Waals surface area contributed by atoms with Crippen LogP contribution in [-0.2, 0) is 10.2 Å². The summed E-state index contributed by atoms with van der Waals surface area (Å²) in [6.45, 7) is 13.6. The molecule has 3 rings (SSSR count). The van der Waals surface area contributed by atoms with Crippen molar-refractivity contribution in [2.24, 2.45) is 0 Å². The van der Waals surface area contributed by atoms with Gasteiger partial charge in [0.05, 0.1) is 0 Å². The highest BCUT2D eigenvalue weighted by Gasteiger charge is 2.39. The largest absolute Gasteiger partial charge is 0.481 e. The van der Waals surface area contributed by atoms with Gasteiger partial charge in [0, 0.05) is 38.3 Å². The number of likely N-dealkylation sites (N-methyl/N-ethyl adjacent to an activating group) is 1. The maximum Gasteiger partial charge on any atom is 0.260 e. The van der Waals surface area contributed by atoms with Gasteiger partial charge >= 0.3 is 0 Å². The summed E-state index contributed by atoms with van der Waals surface area (Å²) in [6.07, 6.45) is 5.69. The fourth-order valence-electron chi connectivity index (χ4n) is 4.78. The van der Waals surface area contributed by atoms with Gasteiger partial charge in [0.2, 0.25) is 0 Å². The number of nitrogens with one attached hydrogen (secondary N) is 1. The molecule has 0 spiro atoms. The van der Waals surface area contributed by atoms with Crippen molar-refractivity contribution >= 4 is 5.91 Å². The third kappa shape index (κ3) is 5.76. The second-order valence-electron chi connectivity index (χ2n) is 10.3. The van der Waals surface area contributed by atoms with Crippen LogP contribution in [0.4, 0.5) is 0 Å². The topological polar surface area (TPSA) is 44.8 Å². The molecule has 1 N–H and O–H groups in total. The maximum absolute atomic E-state index is 12.8. The number of ether oxygens (including phenoxy) is 1. The lowest BCUT2D eigenvalue weighted by atomic mass is 9.79. The Morgan fingerprint density at radius 2 is 1.67 bits per heavy atom. The smallest absolute Gasteiger partial charge is 0.260 e. The molecule has 0 unspecified atom stereocenters. The zero-order valence-electron chi connectivity index (χ0n) is 19.7. The van der Waals surface area contributed by atoms with Crippen molar-refractivity contribution in [1.82, 2.24) is 15.1 Å². The zero-order valence-corrected chi connectivity index (χ0v) is 19.7. The molecule has 1 saturated carbocycles. The summed E-state index contributed by atoms with van der Waals surface area (Å²) in [7, 11) is 2.19. The highest BCUT2D eigenvalue weighted by molar-refractivity contribution is 5.80. The highest BCUT2D eigenvalue weighted by atomic mass is 16.5. The molecule has 1 aromatic rings. The molecule has 1 amide bonds. The number of carbonyl (C=O) groups is 1. The van der Waals surface area contributed by atoms with E-state index < -0.39 is 6.10 Å². The van der Waals surface area contributed by atoms with Crippen LogP contribution in [0.1, 0.15) is 65.4 Å². The molecular formula is C25H41N3O2. The van der Waals surface area contributed by atoms with E-state index in [0.29, 0.717) is 0 Å². The standard InChI is InChI=1S/C25H41N3O2/c1-20(30-22-11-9-21(10-12-22)24(2,3)4)23(29)26-19-25(13-7-6-8-14-25)28-17-15-27(5)16-18-28/h9-12,20H,6-8,13-19H2,1-5H3,(H,26,29)/t20-/m1/s1. The number of piperazine rings is 1. The molecule has 1 saturated heterocycles. The third-order valence-electron chi connectivity index (χ3n) is 6.95. The average molecular weight is 416 g/mol. The SMILES string of the molecule is C[C@@H](Oc1ccc(C(C)(C)C)cc1)C(=O)NCC1(N2CCN(C)CC2)CCCCC1. The minimum Gasteiger partial charge on any atom is -0.481 e. The van der Waals surface area contributed by atoms with Gasteiger partial charge in [-0.2, -0.15) is 0 Å². The van der Waals surface area contributed by atoms with Crippen LogP contribution in [0.3, 0.4) is 0 Å². The molecule has 0 bridgehead atoms. The van der Waals surface area contributed by atoms with Crippen LogP contribution >= 0.6 is 0 Å². The number of hydrogen-bond acceptors (Lipinski definition) is 4. The minimum absolute atomic E-state index is 0.0195. The van der Waals surface area contributed by atoms with E-state index in [-0.39, 0.29) is 16.9 Å². The fourth-order valence-corrected chi connectivity index (χ4v) is 4.78. The Labute approximate surface area is 183 Å². The fraction of sp³-hybridized carbons (Fsp3) is 0.720. The monoisotopic (exact) mass is 415 g/mol. The summed E-state index contributed by atoms with van der Waals surface area (Å²) in [5, 5.41) is 3.24. The van der Waals surface area contributed by atoms with Gasteiger partial charge in [0.25, 0.3) is 5.91 Å². The molecule has 1 aliphatic carbocycles. The lowest BCUT2D eigenvalue weighted by molar-refractivity contribution is -0.128. The van der Waals surface area contributed by atoms with E-state index in [4.69, 9.17) is 4.74 Å². The Balaban J connectivity index is 1.57. The number of rotatable bonds is 6. The molecule has 1 atom stereocenters. The summed E-state index contributed by atoms with van der Waals surface area (Å²) in [5.74, 6) is 0.728. The van der Waals surface area contributed by atoms with E-state index in [0.717, 1.165) is 38.5 Å². The Kier molecular flexibility index (Phi) is 7.46. The van der Waals surface area contributed by atoms with Gasteiger partial charge in [-0.1, -0.05) is 52.2 Å². The highest BCUT2D eigenvalue weighted by Crippen LogP contribution is 2.34. The van der Waals surface area contributed by atoms with E-state index in [1.807, 2.05) is 19.1 Å². The summed E-state index contributed by atoms with van der Waals surface area (Å²) in [5.41, 5.74) is 1.49. The lowest BCUT2D eigenvalue weighted by Gasteiger charge is -2.49. The van der Waals surface area contributed by atoms with E-state index in [1.165, 1.54) is 37.7 Å². The number of benzene rings is 1. The zero-order chi connectivity index (χ0) is 21.8. The van der Waals surface area contributed by atoms with Crippen LogP contribution < -0.4 is 10.1 Å². The summed E-state index contributed by atoms with van der Waals surface area (Å²) in [4.78, 5) is 17.9. The Bertz CT molecular complexity index is 681. The van der Waals surface area contributed by atoms with E-state index >= 15 is 0 Å². The molecule has 2 fully saturated rings. The lowest BCUT2D eigenvalue weighted by Crippen LogP contribution is -2.62. The van der Waals surface area contributed by atoms with Crippen LogP contribution in [0.2, 0.25) is 0 Å². The van der Waals surface area contributed by atoms with E-state index in [2.05, 4.69) is 55.1 Å². The number of hydrogen-bond donors (Lipinski definition) is 1. The van der Waals surface area contributed by atoms with Crippen molar-refractivity contribution in [1.29, 1.82) is 0 Å². The van der Waals surface area contributed by atoms with Gasteiger partial charge < -0.3 is 15.0 Å². The van der Waals surface area contributed by atoms with Gasteiger partial charge in [-0.3, -0.25) is 9.69 Å². The molecular weight excluding hydrogens is 374 g/mol. The van der Waals surface area contributed by atoms with Gasteiger partial charge in [0.1, 0.15) is 5.75 Å². The van der Waals surface area contributed by atoms with Gasteiger partial charge in [-0.05, 0) is 49.9 Å². The minimum atomic E-state index is -0.501. The Morgan fingerprint density at radius 1 is 1.07 bits per heavy atom. The van der Waals surface area contributed by atoms with Gasteiger partial charge in [-0.25, -0.2) is 0 Å². The van der Waals surface area contributed by atoms with Gasteiger partial charge in [-0.15, -0.1) is 0 Å². The van der Waals surface area contributed by atoms with Crippen LogP contribution in [0.15, 0.2) is 24.3 Å². The van der Waals surface area contributed by atoms with Crippen molar-refractivity contribution in [3.05, 3.63) is 29.8 Å². The molecule has 5 nitrogen and oxygen atoms in total. The molecule has 1 aromatic carbocycles. The molecule has 5 heteroatoms. The Hall–Kier alpha value is -1.59. The second kappa shape index (κ2) is 9.69. The molecule has 168 valence electrons. The van der Waals surface area contributed by atoms with Crippen LogP contribution in [0.25, 0.3) is 0 Å². The van der Waals surface area contributed by atoms with Gasteiger partial charge in [0.15, 0.2) is 6.10 Å². The van der Waals surface area contributed by atoms with E-state index in [1.54, 1.807) is 0 Å². The molecule has 1 aliphatic heterocycles. The second-order valence-corrected chi connectivity index (χ2v) is 10.3. The first kappa shape index (κ1) is 23.1.